The summed E-state index contributed by atoms with van der Waals surface area (Å²) in [5, 5.41) is 0. The summed E-state index contributed by atoms with van der Waals surface area (Å²) in [6.07, 6.45) is 0.127. The fraction of sp³-hybridized carbons (Fsp3) is 0.200. The van der Waals surface area contributed by atoms with E-state index in [1.165, 1.54) is 13.2 Å². The molecule has 2 rings (SSSR count). The van der Waals surface area contributed by atoms with Crippen molar-refractivity contribution in [1.29, 1.82) is 0 Å². The van der Waals surface area contributed by atoms with E-state index in [9.17, 15) is 13.2 Å². The van der Waals surface area contributed by atoms with Crippen molar-refractivity contribution in [2.24, 2.45) is 5.84 Å². The number of nitrogens with two attached hydrogens (primary N) is 1. The van der Waals surface area contributed by atoms with Gasteiger partial charge in [-0.25, -0.2) is 13.2 Å². The van der Waals surface area contributed by atoms with E-state index < -0.39 is 23.5 Å². The van der Waals surface area contributed by atoms with Crippen molar-refractivity contribution >= 4 is 0 Å². The van der Waals surface area contributed by atoms with Gasteiger partial charge in [0, 0.05) is 6.07 Å². The highest BCUT2D eigenvalue weighted by Gasteiger charge is 2.17. The first-order valence-electron chi connectivity index (χ1n) is 6.28. The van der Waals surface area contributed by atoms with Crippen molar-refractivity contribution < 1.29 is 17.9 Å². The molecule has 6 heteroatoms. The number of ether oxygens (including phenoxy) is 1. The van der Waals surface area contributed by atoms with Crippen molar-refractivity contribution in [2.75, 3.05) is 7.11 Å². The minimum Gasteiger partial charge on any atom is -0.494 e. The van der Waals surface area contributed by atoms with Gasteiger partial charge in [-0.05, 0) is 35.7 Å². The molecule has 0 radical (unpaired) electrons. The molecule has 1 unspecified atom stereocenters. The number of benzene rings is 2. The Balaban J connectivity index is 2.31. The molecule has 0 spiro atoms. The Bertz CT molecular complexity index is 614. The van der Waals surface area contributed by atoms with Crippen molar-refractivity contribution in [2.45, 2.75) is 12.5 Å². The maximum Gasteiger partial charge on any atom is 0.168 e. The number of rotatable bonds is 5. The molecule has 2 aromatic carbocycles. The lowest BCUT2D eigenvalue weighted by atomic mass is 9.98. The molecule has 0 aliphatic heterocycles. The Labute approximate surface area is 120 Å². The maximum atomic E-state index is 14.1. The van der Waals surface area contributed by atoms with Crippen LogP contribution in [-0.2, 0) is 6.42 Å². The van der Waals surface area contributed by atoms with E-state index in [4.69, 9.17) is 10.6 Å². The number of nitrogens with one attached hydrogen (secondary N) is 1. The van der Waals surface area contributed by atoms with E-state index in [2.05, 4.69) is 5.43 Å². The number of hydrazine groups is 1. The summed E-state index contributed by atoms with van der Waals surface area (Å²) in [4.78, 5) is 0. The van der Waals surface area contributed by atoms with Gasteiger partial charge in [-0.15, -0.1) is 0 Å². The molecule has 0 amide bonds. The predicted molar refractivity (Wildman–Crippen MR) is 73.1 cm³/mol. The van der Waals surface area contributed by atoms with Crippen LogP contribution in [0.1, 0.15) is 17.2 Å². The Kier molecular flexibility index (Phi) is 4.82. The van der Waals surface area contributed by atoms with Crippen LogP contribution in [-0.4, -0.2) is 7.11 Å². The van der Waals surface area contributed by atoms with Crippen molar-refractivity contribution in [3.8, 4) is 5.75 Å². The summed E-state index contributed by atoms with van der Waals surface area (Å²) in [5.41, 5.74) is 3.08. The van der Waals surface area contributed by atoms with E-state index in [0.29, 0.717) is 11.1 Å². The van der Waals surface area contributed by atoms with E-state index in [1.807, 2.05) is 0 Å². The third kappa shape index (κ3) is 3.53. The zero-order chi connectivity index (χ0) is 15.4. The standard InChI is InChI=1S/C15H15F3N2O/c1-21-14-4-2-3-9(15(14)18)7-13(20-19)10-5-11(16)8-12(17)6-10/h2-6,8,13,20H,7,19H2,1H3. The van der Waals surface area contributed by atoms with Crippen LogP contribution in [0.5, 0.6) is 5.75 Å². The van der Waals surface area contributed by atoms with Gasteiger partial charge >= 0.3 is 0 Å². The summed E-state index contributed by atoms with van der Waals surface area (Å²) in [7, 11) is 1.36. The zero-order valence-corrected chi connectivity index (χ0v) is 11.4. The quantitative estimate of drug-likeness (QED) is 0.659. The Morgan fingerprint density at radius 1 is 1.14 bits per heavy atom. The molecule has 0 aliphatic carbocycles. The highest BCUT2D eigenvalue weighted by Crippen LogP contribution is 2.25. The Morgan fingerprint density at radius 2 is 1.81 bits per heavy atom. The van der Waals surface area contributed by atoms with Gasteiger partial charge in [0.1, 0.15) is 11.6 Å². The van der Waals surface area contributed by atoms with Crippen LogP contribution < -0.4 is 16.0 Å². The lowest BCUT2D eigenvalue weighted by Crippen LogP contribution is -2.30. The van der Waals surface area contributed by atoms with Crippen LogP contribution >= 0.6 is 0 Å². The molecule has 3 N–H and O–H groups in total. The van der Waals surface area contributed by atoms with Crippen LogP contribution in [0.15, 0.2) is 36.4 Å². The predicted octanol–water partition coefficient (Wildman–Crippen LogP) is 2.86. The van der Waals surface area contributed by atoms with Gasteiger partial charge in [0.05, 0.1) is 13.2 Å². The highest BCUT2D eigenvalue weighted by atomic mass is 19.1. The molecule has 0 fully saturated rings. The largest absolute Gasteiger partial charge is 0.494 e. The molecular formula is C15H15F3N2O. The molecule has 1 atom stereocenters. The minimum absolute atomic E-state index is 0.105. The fourth-order valence-electron chi connectivity index (χ4n) is 2.14. The van der Waals surface area contributed by atoms with Gasteiger partial charge in [0.15, 0.2) is 11.6 Å². The molecule has 21 heavy (non-hydrogen) atoms. The third-order valence-corrected chi connectivity index (χ3v) is 3.18. The third-order valence-electron chi connectivity index (χ3n) is 3.18. The summed E-state index contributed by atoms with van der Waals surface area (Å²) in [5.74, 6) is 3.59. The normalized spacial score (nSPS) is 12.2. The maximum absolute atomic E-state index is 14.1. The summed E-state index contributed by atoms with van der Waals surface area (Å²) in [6.45, 7) is 0. The first kappa shape index (κ1) is 15.3. The van der Waals surface area contributed by atoms with Crippen LogP contribution in [0, 0.1) is 17.5 Å². The van der Waals surface area contributed by atoms with E-state index >= 15 is 0 Å². The molecule has 0 aromatic heterocycles. The number of hydrogen-bond acceptors (Lipinski definition) is 3. The number of methoxy groups -OCH3 is 1. The second kappa shape index (κ2) is 6.60. The lowest BCUT2D eigenvalue weighted by Gasteiger charge is -2.17. The van der Waals surface area contributed by atoms with Gasteiger partial charge in [-0.1, -0.05) is 12.1 Å². The number of hydrogen-bond donors (Lipinski definition) is 2. The van der Waals surface area contributed by atoms with E-state index in [1.54, 1.807) is 12.1 Å². The van der Waals surface area contributed by atoms with Gasteiger partial charge in [0.25, 0.3) is 0 Å². The molecule has 112 valence electrons. The van der Waals surface area contributed by atoms with E-state index in [-0.39, 0.29) is 12.2 Å². The molecule has 0 heterocycles. The molecule has 3 nitrogen and oxygen atoms in total. The van der Waals surface area contributed by atoms with Crippen molar-refractivity contribution in [3.05, 3.63) is 65.0 Å². The molecule has 0 saturated carbocycles. The smallest absolute Gasteiger partial charge is 0.168 e. The van der Waals surface area contributed by atoms with Crippen LogP contribution in [0.3, 0.4) is 0 Å². The second-order valence-electron chi connectivity index (χ2n) is 4.56. The monoisotopic (exact) mass is 296 g/mol. The topological polar surface area (TPSA) is 47.3 Å². The summed E-state index contributed by atoms with van der Waals surface area (Å²) >= 11 is 0. The fourth-order valence-corrected chi connectivity index (χ4v) is 2.14. The molecular weight excluding hydrogens is 281 g/mol. The molecule has 2 aromatic rings. The van der Waals surface area contributed by atoms with Crippen LogP contribution in [0.4, 0.5) is 13.2 Å². The highest BCUT2D eigenvalue weighted by molar-refractivity contribution is 5.33. The average molecular weight is 296 g/mol. The Morgan fingerprint density at radius 3 is 2.38 bits per heavy atom. The van der Waals surface area contributed by atoms with Gasteiger partial charge < -0.3 is 4.74 Å². The van der Waals surface area contributed by atoms with Gasteiger partial charge in [-0.3, -0.25) is 11.3 Å². The first-order valence-corrected chi connectivity index (χ1v) is 6.28. The average Bonchev–Trinajstić information content (AvgIpc) is 2.45. The first-order chi connectivity index (χ1) is 10.0. The SMILES string of the molecule is COc1cccc(CC(NN)c2cc(F)cc(F)c2)c1F. The molecule has 0 saturated heterocycles. The summed E-state index contributed by atoms with van der Waals surface area (Å²) < 4.78 is 45.5. The van der Waals surface area contributed by atoms with Crippen LogP contribution in [0.25, 0.3) is 0 Å². The van der Waals surface area contributed by atoms with Crippen molar-refractivity contribution in [1.82, 2.24) is 5.43 Å². The molecule has 0 aliphatic rings. The summed E-state index contributed by atoms with van der Waals surface area (Å²) in [6, 6.07) is 7.15. The zero-order valence-electron chi connectivity index (χ0n) is 11.4. The lowest BCUT2D eigenvalue weighted by molar-refractivity contribution is 0.382. The second-order valence-corrected chi connectivity index (χ2v) is 4.56. The van der Waals surface area contributed by atoms with E-state index in [0.717, 1.165) is 18.2 Å². The van der Waals surface area contributed by atoms with Crippen LogP contribution in [0.2, 0.25) is 0 Å². The Hall–Kier alpha value is -2.05. The molecule has 0 bridgehead atoms. The van der Waals surface area contributed by atoms with Gasteiger partial charge in [-0.2, -0.15) is 0 Å². The number of halogens is 3. The minimum atomic E-state index is -0.712. The van der Waals surface area contributed by atoms with Crippen molar-refractivity contribution in [3.63, 3.8) is 0 Å². The van der Waals surface area contributed by atoms with Gasteiger partial charge in [0.2, 0.25) is 0 Å².